The molecule has 0 radical (unpaired) electrons. The Labute approximate surface area is 122 Å². The van der Waals surface area contributed by atoms with E-state index in [-0.39, 0.29) is 0 Å². The number of methoxy groups -OCH3 is 1. The van der Waals surface area contributed by atoms with Crippen LogP contribution in [-0.4, -0.2) is 30.2 Å². The van der Waals surface area contributed by atoms with E-state index in [2.05, 4.69) is 29.1 Å². The second-order valence-electron chi connectivity index (χ2n) is 6.32. The average Bonchev–Trinajstić information content (AvgIpc) is 2.92. The van der Waals surface area contributed by atoms with Crippen LogP contribution in [0.3, 0.4) is 0 Å². The van der Waals surface area contributed by atoms with Crippen molar-refractivity contribution >= 4 is 0 Å². The third-order valence-electron chi connectivity index (χ3n) is 4.55. The number of rotatable bonds is 7. The van der Waals surface area contributed by atoms with E-state index in [0.717, 1.165) is 31.5 Å². The largest absolute Gasteiger partial charge is 0.383 e. The van der Waals surface area contributed by atoms with Crippen molar-refractivity contribution in [3.8, 4) is 0 Å². The highest BCUT2D eigenvalue weighted by Gasteiger charge is 2.25. The highest BCUT2D eigenvalue weighted by atomic mass is 16.5. The number of aromatic nitrogens is 2. The van der Waals surface area contributed by atoms with Crippen LogP contribution in [0, 0.1) is 11.8 Å². The number of hydrogen-bond acceptors (Lipinski definition) is 3. The molecule has 0 saturated heterocycles. The Kier molecular flexibility index (Phi) is 6.05. The van der Waals surface area contributed by atoms with Crippen LogP contribution in [0.5, 0.6) is 0 Å². The molecule has 2 rings (SSSR count). The minimum Gasteiger partial charge on any atom is -0.383 e. The first-order chi connectivity index (χ1) is 9.70. The van der Waals surface area contributed by atoms with Crippen LogP contribution >= 0.6 is 0 Å². The maximum atomic E-state index is 5.02. The van der Waals surface area contributed by atoms with E-state index < -0.39 is 0 Å². The Balaban J connectivity index is 1.78. The normalized spacial score (nSPS) is 23.4. The Morgan fingerprint density at radius 2 is 2.10 bits per heavy atom. The van der Waals surface area contributed by atoms with Crippen LogP contribution < -0.4 is 5.32 Å². The molecule has 1 heterocycles. The smallest absolute Gasteiger partial charge is 0.109 e. The van der Waals surface area contributed by atoms with E-state index in [1.165, 1.54) is 37.2 Å². The zero-order valence-electron chi connectivity index (χ0n) is 13.1. The zero-order chi connectivity index (χ0) is 14.4. The molecule has 1 aromatic heterocycles. The summed E-state index contributed by atoms with van der Waals surface area (Å²) in [7, 11) is 1.73. The molecule has 1 saturated carbocycles. The lowest BCUT2D eigenvalue weighted by molar-refractivity contribution is 0.199. The SMILES string of the molecule is COCCNCc1cnc(C2CCC(C(C)C)CC2)[nH]1. The molecule has 0 atom stereocenters. The van der Waals surface area contributed by atoms with E-state index in [1.807, 2.05) is 6.20 Å². The predicted octanol–water partition coefficient (Wildman–Crippen LogP) is 3.08. The molecule has 1 aromatic rings. The summed E-state index contributed by atoms with van der Waals surface area (Å²) in [5.74, 6) is 3.57. The number of nitrogens with one attached hydrogen (secondary N) is 2. The minimum atomic E-state index is 0.637. The summed E-state index contributed by atoms with van der Waals surface area (Å²) in [6.45, 7) is 7.17. The van der Waals surface area contributed by atoms with Crippen molar-refractivity contribution in [1.29, 1.82) is 0 Å². The Bertz CT molecular complexity index is 381. The average molecular weight is 279 g/mol. The van der Waals surface area contributed by atoms with Crippen molar-refractivity contribution in [1.82, 2.24) is 15.3 Å². The van der Waals surface area contributed by atoms with E-state index in [4.69, 9.17) is 4.74 Å². The molecule has 1 aliphatic rings. The van der Waals surface area contributed by atoms with Gasteiger partial charge in [-0.15, -0.1) is 0 Å². The van der Waals surface area contributed by atoms with Gasteiger partial charge in [-0.1, -0.05) is 13.8 Å². The summed E-state index contributed by atoms with van der Waals surface area (Å²) in [4.78, 5) is 8.07. The van der Waals surface area contributed by atoms with Crippen LogP contribution in [0.25, 0.3) is 0 Å². The van der Waals surface area contributed by atoms with Crippen LogP contribution in [0.2, 0.25) is 0 Å². The Hall–Kier alpha value is -0.870. The first-order valence-corrected chi connectivity index (χ1v) is 7.94. The van der Waals surface area contributed by atoms with Gasteiger partial charge in [-0.3, -0.25) is 0 Å². The van der Waals surface area contributed by atoms with Gasteiger partial charge in [0.1, 0.15) is 5.82 Å². The summed E-state index contributed by atoms with van der Waals surface area (Å²) < 4.78 is 5.02. The number of aromatic amines is 1. The van der Waals surface area contributed by atoms with Crippen LogP contribution in [0.1, 0.15) is 57.0 Å². The van der Waals surface area contributed by atoms with Gasteiger partial charge in [-0.25, -0.2) is 4.98 Å². The van der Waals surface area contributed by atoms with Crippen molar-refractivity contribution in [2.75, 3.05) is 20.3 Å². The second-order valence-corrected chi connectivity index (χ2v) is 6.32. The lowest BCUT2D eigenvalue weighted by Gasteiger charge is -2.29. The molecule has 0 bridgehead atoms. The van der Waals surface area contributed by atoms with E-state index >= 15 is 0 Å². The number of imidazole rings is 1. The molecule has 0 unspecified atom stereocenters. The van der Waals surface area contributed by atoms with Gasteiger partial charge in [0, 0.05) is 38.0 Å². The van der Waals surface area contributed by atoms with E-state index in [1.54, 1.807) is 7.11 Å². The van der Waals surface area contributed by atoms with Gasteiger partial charge in [0.05, 0.1) is 6.61 Å². The number of ether oxygens (including phenoxy) is 1. The summed E-state index contributed by atoms with van der Waals surface area (Å²) in [5.41, 5.74) is 1.18. The summed E-state index contributed by atoms with van der Waals surface area (Å²) in [5, 5.41) is 3.34. The Morgan fingerprint density at radius 1 is 1.35 bits per heavy atom. The quantitative estimate of drug-likeness (QED) is 0.754. The van der Waals surface area contributed by atoms with Gasteiger partial charge in [0.15, 0.2) is 0 Å². The maximum Gasteiger partial charge on any atom is 0.109 e. The van der Waals surface area contributed by atoms with Crippen molar-refractivity contribution in [2.45, 2.75) is 52.0 Å². The first kappa shape index (κ1) is 15.5. The third kappa shape index (κ3) is 4.32. The topological polar surface area (TPSA) is 49.9 Å². The molecule has 1 fully saturated rings. The predicted molar refractivity (Wildman–Crippen MR) is 81.7 cm³/mol. The molecule has 0 aromatic carbocycles. The monoisotopic (exact) mass is 279 g/mol. The molecule has 0 spiro atoms. The summed E-state index contributed by atoms with van der Waals surface area (Å²) in [6, 6.07) is 0. The maximum absolute atomic E-state index is 5.02. The molecule has 0 amide bonds. The first-order valence-electron chi connectivity index (χ1n) is 7.94. The van der Waals surface area contributed by atoms with Gasteiger partial charge in [-0.2, -0.15) is 0 Å². The molecule has 4 heteroatoms. The van der Waals surface area contributed by atoms with Gasteiger partial charge in [-0.05, 0) is 37.5 Å². The Morgan fingerprint density at radius 3 is 2.75 bits per heavy atom. The van der Waals surface area contributed by atoms with E-state index in [0.29, 0.717) is 5.92 Å². The van der Waals surface area contributed by atoms with Gasteiger partial charge >= 0.3 is 0 Å². The third-order valence-corrected chi connectivity index (χ3v) is 4.55. The molecule has 1 aliphatic carbocycles. The van der Waals surface area contributed by atoms with Crippen molar-refractivity contribution in [2.24, 2.45) is 11.8 Å². The molecule has 4 nitrogen and oxygen atoms in total. The lowest BCUT2D eigenvalue weighted by atomic mass is 9.77. The number of nitrogens with zero attached hydrogens (tertiary/aromatic N) is 1. The molecule has 114 valence electrons. The molecule has 20 heavy (non-hydrogen) atoms. The molecular weight excluding hydrogens is 250 g/mol. The van der Waals surface area contributed by atoms with Crippen LogP contribution in [0.4, 0.5) is 0 Å². The highest BCUT2D eigenvalue weighted by molar-refractivity contribution is 5.06. The van der Waals surface area contributed by atoms with Crippen molar-refractivity contribution < 1.29 is 4.74 Å². The standard InChI is InChI=1S/C16H29N3O/c1-12(2)13-4-6-14(7-5-13)16-18-11-15(19-16)10-17-8-9-20-3/h11-14,17H,4-10H2,1-3H3,(H,18,19). The van der Waals surface area contributed by atoms with Crippen molar-refractivity contribution in [3.63, 3.8) is 0 Å². The van der Waals surface area contributed by atoms with Crippen molar-refractivity contribution in [3.05, 3.63) is 17.7 Å². The highest BCUT2D eigenvalue weighted by Crippen LogP contribution is 2.37. The zero-order valence-corrected chi connectivity index (χ0v) is 13.1. The molecule has 2 N–H and O–H groups in total. The fourth-order valence-electron chi connectivity index (χ4n) is 3.13. The number of H-pyrrole nitrogens is 1. The van der Waals surface area contributed by atoms with Gasteiger partial charge in [0.2, 0.25) is 0 Å². The van der Waals surface area contributed by atoms with Gasteiger partial charge < -0.3 is 15.0 Å². The second kappa shape index (κ2) is 7.79. The lowest BCUT2D eigenvalue weighted by Crippen LogP contribution is -2.19. The molecular formula is C16H29N3O. The fourth-order valence-corrected chi connectivity index (χ4v) is 3.13. The van der Waals surface area contributed by atoms with Gasteiger partial charge in [0.25, 0.3) is 0 Å². The summed E-state index contributed by atoms with van der Waals surface area (Å²) >= 11 is 0. The number of hydrogen-bond donors (Lipinski definition) is 2. The minimum absolute atomic E-state index is 0.637. The summed E-state index contributed by atoms with van der Waals surface area (Å²) in [6.07, 6.45) is 7.25. The van der Waals surface area contributed by atoms with E-state index in [9.17, 15) is 0 Å². The molecule has 0 aliphatic heterocycles. The van der Waals surface area contributed by atoms with Crippen LogP contribution in [0.15, 0.2) is 6.20 Å². The van der Waals surface area contributed by atoms with Crippen LogP contribution in [-0.2, 0) is 11.3 Å². The fraction of sp³-hybridized carbons (Fsp3) is 0.812.